The number of hydrogen-bond donors (Lipinski definition) is 0. The number of nitrogens with zero attached hydrogens (tertiary/aromatic N) is 2. The molecule has 6 nitrogen and oxygen atoms in total. The lowest BCUT2D eigenvalue weighted by molar-refractivity contribution is -0.122. The summed E-state index contributed by atoms with van der Waals surface area (Å²) in [4.78, 5) is 26.5. The lowest BCUT2D eigenvalue weighted by Crippen LogP contribution is -2.43. The first kappa shape index (κ1) is 17.2. The number of anilines is 1. The molecule has 1 fully saturated rings. The third kappa shape index (κ3) is 4.26. The molecule has 1 amide bonds. The predicted molar refractivity (Wildman–Crippen MR) is 92.3 cm³/mol. The number of amides is 1. The molecule has 2 aromatic rings. The third-order valence-corrected chi connectivity index (χ3v) is 4.40. The molecule has 1 aliphatic rings. The van der Waals surface area contributed by atoms with Gasteiger partial charge in [0.05, 0.1) is 5.69 Å². The van der Waals surface area contributed by atoms with Crippen LogP contribution in [0.25, 0.3) is 0 Å². The number of aromatic nitrogens is 1. The van der Waals surface area contributed by atoms with Gasteiger partial charge in [0.25, 0.3) is 5.91 Å². The van der Waals surface area contributed by atoms with Crippen LogP contribution >= 0.6 is 0 Å². The van der Waals surface area contributed by atoms with Crippen molar-refractivity contribution in [1.29, 1.82) is 0 Å². The van der Waals surface area contributed by atoms with Crippen LogP contribution in [0.15, 0.2) is 40.9 Å². The van der Waals surface area contributed by atoms with Crippen LogP contribution in [-0.2, 0) is 9.53 Å². The zero-order valence-corrected chi connectivity index (χ0v) is 14.3. The number of ether oxygens (including phenoxy) is 1. The Morgan fingerprint density at radius 3 is 2.56 bits per heavy atom. The first-order valence-corrected chi connectivity index (χ1v) is 8.62. The Morgan fingerprint density at radius 2 is 1.92 bits per heavy atom. The van der Waals surface area contributed by atoms with E-state index in [4.69, 9.17) is 9.26 Å². The highest BCUT2D eigenvalue weighted by molar-refractivity contribution is 5.97. The van der Waals surface area contributed by atoms with E-state index in [0.717, 1.165) is 31.4 Å². The van der Waals surface area contributed by atoms with E-state index >= 15 is 0 Å². The van der Waals surface area contributed by atoms with Gasteiger partial charge in [0.15, 0.2) is 6.61 Å². The molecule has 1 aliphatic carbocycles. The van der Waals surface area contributed by atoms with Gasteiger partial charge in [-0.15, -0.1) is 0 Å². The van der Waals surface area contributed by atoms with Gasteiger partial charge in [-0.05, 0) is 31.9 Å². The number of para-hydroxylation sites is 1. The minimum atomic E-state index is -0.675. The molecule has 0 unspecified atom stereocenters. The van der Waals surface area contributed by atoms with Gasteiger partial charge in [-0.2, -0.15) is 0 Å². The summed E-state index contributed by atoms with van der Waals surface area (Å²) in [6.07, 6.45) is 5.36. The Hall–Kier alpha value is -2.63. The molecule has 1 heterocycles. The summed E-state index contributed by atoms with van der Waals surface area (Å²) >= 11 is 0. The van der Waals surface area contributed by atoms with Gasteiger partial charge in [-0.1, -0.05) is 42.6 Å². The van der Waals surface area contributed by atoms with Crippen molar-refractivity contribution >= 4 is 17.6 Å². The zero-order valence-electron chi connectivity index (χ0n) is 14.3. The maximum Gasteiger partial charge on any atom is 0.377 e. The Kier molecular flexibility index (Phi) is 5.48. The fourth-order valence-electron chi connectivity index (χ4n) is 3.21. The zero-order chi connectivity index (χ0) is 17.6. The van der Waals surface area contributed by atoms with E-state index in [1.54, 1.807) is 11.8 Å². The Morgan fingerprint density at radius 1 is 1.20 bits per heavy atom. The molecular weight excluding hydrogens is 320 g/mol. The van der Waals surface area contributed by atoms with Gasteiger partial charge < -0.3 is 14.2 Å². The van der Waals surface area contributed by atoms with Crippen LogP contribution in [0.2, 0.25) is 0 Å². The molecule has 25 heavy (non-hydrogen) atoms. The summed E-state index contributed by atoms with van der Waals surface area (Å²) in [6, 6.07) is 11.2. The van der Waals surface area contributed by atoms with Crippen molar-refractivity contribution in [2.75, 3.05) is 11.5 Å². The monoisotopic (exact) mass is 342 g/mol. The first-order chi connectivity index (χ1) is 12.1. The smallest absolute Gasteiger partial charge is 0.377 e. The van der Waals surface area contributed by atoms with Gasteiger partial charge in [-0.25, -0.2) is 4.79 Å². The summed E-state index contributed by atoms with van der Waals surface area (Å²) < 4.78 is 10.0. The molecule has 1 saturated carbocycles. The van der Waals surface area contributed by atoms with Gasteiger partial charge in [-0.3, -0.25) is 4.79 Å². The van der Waals surface area contributed by atoms with Crippen LogP contribution in [0.3, 0.4) is 0 Å². The third-order valence-electron chi connectivity index (χ3n) is 4.40. The summed E-state index contributed by atoms with van der Waals surface area (Å²) in [7, 11) is 0. The standard InChI is InChI=1S/C19H22N2O4/c1-14-12-17(25-20-14)19(23)24-13-18(22)21(15-8-4-2-5-9-15)16-10-6-3-7-11-16/h2,4-5,8-9,12,16H,3,6-7,10-11,13H2,1H3. The van der Waals surface area contributed by atoms with Crippen molar-refractivity contribution < 1.29 is 18.8 Å². The van der Waals surface area contributed by atoms with Crippen LogP contribution in [0.5, 0.6) is 0 Å². The highest BCUT2D eigenvalue weighted by Gasteiger charge is 2.28. The first-order valence-electron chi connectivity index (χ1n) is 8.62. The number of rotatable bonds is 5. The molecule has 0 radical (unpaired) electrons. The lowest BCUT2D eigenvalue weighted by atomic mass is 9.93. The maximum absolute atomic E-state index is 12.8. The van der Waals surface area contributed by atoms with Crippen molar-refractivity contribution in [3.8, 4) is 0 Å². The molecular formula is C19H22N2O4. The summed E-state index contributed by atoms with van der Waals surface area (Å²) in [5, 5.41) is 3.65. The van der Waals surface area contributed by atoms with Crippen molar-refractivity contribution in [2.24, 2.45) is 0 Å². The van der Waals surface area contributed by atoms with Crippen molar-refractivity contribution in [2.45, 2.75) is 45.1 Å². The minimum Gasteiger partial charge on any atom is -0.450 e. The Balaban J connectivity index is 1.69. The van der Waals surface area contributed by atoms with Gasteiger partial charge in [0.2, 0.25) is 5.76 Å². The number of aryl methyl sites for hydroxylation is 1. The molecule has 3 rings (SSSR count). The van der Waals surface area contributed by atoms with Crippen LogP contribution in [0.1, 0.15) is 48.4 Å². The highest BCUT2D eigenvalue weighted by Crippen LogP contribution is 2.27. The number of esters is 1. The van der Waals surface area contributed by atoms with E-state index in [1.807, 2.05) is 30.3 Å². The van der Waals surface area contributed by atoms with Crippen molar-refractivity contribution in [3.05, 3.63) is 47.9 Å². The second-order valence-corrected chi connectivity index (χ2v) is 6.30. The van der Waals surface area contributed by atoms with E-state index < -0.39 is 5.97 Å². The fraction of sp³-hybridized carbons (Fsp3) is 0.421. The fourth-order valence-corrected chi connectivity index (χ4v) is 3.21. The van der Waals surface area contributed by atoms with E-state index in [-0.39, 0.29) is 24.3 Å². The summed E-state index contributed by atoms with van der Waals surface area (Å²) in [5.41, 5.74) is 1.43. The average molecular weight is 342 g/mol. The molecule has 0 spiro atoms. The van der Waals surface area contributed by atoms with Crippen LogP contribution in [-0.4, -0.2) is 29.7 Å². The van der Waals surface area contributed by atoms with E-state index in [2.05, 4.69) is 5.16 Å². The number of carbonyl (C=O) groups is 2. The largest absolute Gasteiger partial charge is 0.450 e. The van der Waals surface area contributed by atoms with Gasteiger partial charge >= 0.3 is 5.97 Å². The lowest BCUT2D eigenvalue weighted by Gasteiger charge is -2.34. The van der Waals surface area contributed by atoms with Gasteiger partial charge in [0.1, 0.15) is 0 Å². The van der Waals surface area contributed by atoms with Crippen LogP contribution in [0, 0.1) is 6.92 Å². The molecule has 6 heteroatoms. The molecule has 1 aromatic carbocycles. The van der Waals surface area contributed by atoms with Crippen molar-refractivity contribution in [3.63, 3.8) is 0 Å². The Bertz CT molecular complexity index is 720. The SMILES string of the molecule is Cc1cc(C(=O)OCC(=O)N(c2ccccc2)C2CCCCC2)on1. The number of benzene rings is 1. The average Bonchev–Trinajstić information content (AvgIpc) is 3.08. The normalized spacial score (nSPS) is 14.9. The maximum atomic E-state index is 12.8. The summed E-state index contributed by atoms with van der Waals surface area (Å²) in [5.74, 6) is -0.887. The van der Waals surface area contributed by atoms with E-state index in [9.17, 15) is 9.59 Å². The molecule has 0 N–H and O–H groups in total. The second kappa shape index (κ2) is 7.96. The van der Waals surface area contributed by atoms with Crippen LogP contribution < -0.4 is 4.90 Å². The van der Waals surface area contributed by atoms with Gasteiger partial charge in [0, 0.05) is 17.8 Å². The quantitative estimate of drug-likeness (QED) is 0.778. The topological polar surface area (TPSA) is 72.6 Å². The van der Waals surface area contributed by atoms with E-state index in [0.29, 0.717) is 5.69 Å². The molecule has 0 bridgehead atoms. The minimum absolute atomic E-state index is 0.00854. The Labute approximate surface area is 146 Å². The highest BCUT2D eigenvalue weighted by atomic mass is 16.6. The van der Waals surface area contributed by atoms with E-state index in [1.165, 1.54) is 12.5 Å². The summed E-state index contributed by atoms with van der Waals surface area (Å²) in [6.45, 7) is 1.40. The predicted octanol–water partition coefficient (Wildman–Crippen LogP) is 3.51. The molecule has 0 saturated heterocycles. The number of carbonyl (C=O) groups excluding carboxylic acids is 2. The molecule has 1 aromatic heterocycles. The molecule has 0 aliphatic heterocycles. The van der Waals surface area contributed by atoms with Crippen LogP contribution in [0.4, 0.5) is 5.69 Å². The van der Waals surface area contributed by atoms with Crippen molar-refractivity contribution in [1.82, 2.24) is 5.16 Å². The number of hydrogen-bond acceptors (Lipinski definition) is 5. The molecule has 0 atom stereocenters. The molecule has 132 valence electrons. The second-order valence-electron chi connectivity index (χ2n) is 6.30.